The van der Waals surface area contributed by atoms with E-state index in [-0.39, 0.29) is 53.5 Å². The number of H-pyrrole nitrogens is 1. The highest BCUT2D eigenvalue weighted by atomic mass is 19.1. The average Bonchev–Trinajstić information content (AvgIpc) is 3.64. The average molecular weight is 752 g/mol. The molecule has 0 saturated carbocycles. The minimum Gasteiger partial charge on any atom is -0.493 e. The zero-order chi connectivity index (χ0) is 37.6. The lowest BCUT2D eigenvalue weighted by Gasteiger charge is -2.32. The third-order valence-electron chi connectivity index (χ3n) is 10.8. The van der Waals surface area contributed by atoms with Crippen molar-refractivity contribution in [3.05, 3.63) is 58.1 Å². The van der Waals surface area contributed by atoms with Crippen LogP contribution in [0.15, 0.2) is 35.1 Å². The Bertz CT molecular complexity index is 1900. The Morgan fingerprint density at radius 2 is 1.72 bits per heavy atom. The van der Waals surface area contributed by atoms with E-state index in [1.165, 1.54) is 18.2 Å². The number of likely N-dealkylation sites (tertiary alicyclic amines) is 2. The molecular formula is C38H47F2N7O7. The first kappa shape index (κ1) is 37.8. The fraction of sp³-hybridized carbons (Fsp3) is 0.553. The van der Waals surface area contributed by atoms with E-state index in [4.69, 9.17) is 14.2 Å². The minimum atomic E-state index is -0.674. The monoisotopic (exact) mass is 751 g/mol. The molecule has 3 aromatic rings. The summed E-state index contributed by atoms with van der Waals surface area (Å²) < 4.78 is 47.1. The van der Waals surface area contributed by atoms with E-state index in [2.05, 4.69) is 35.7 Å². The van der Waals surface area contributed by atoms with E-state index in [0.29, 0.717) is 62.4 Å². The van der Waals surface area contributed by atoms with Crippen molar-refractivity contribution < 1.29 is 37.4 Å². The molecule has 1 unspecified atom stereocenters. The highest BCUT2D eigenvalue weighted by Gasteiger charge is 2.30. The molecule has 290 valence electrons. The van der Waals surface area contributed by atoms with E-state index < -0.39 is 29.1 Å². The van der Waals surface area contributed by atoms with Gasteiger partial charge in [0.15, 0.2) is 0 Å². The zero-order valence-corrected chi connectivity index (χ0v) is 30.2. The summed E-state index contributed by atoms with van der Waals surface area (Å²) in [6.45, 7) is 6.72. The van der Waals surface area contributed by atoms with E-state index in [9.17, 15) is 28.0 Å². The summed E-state index contributed by atoms with van der Waals surface area (Å²) in [5.41, 5.74) is 0.160. The standard InChI is InChI=1S/C38H47F2N7O7/c39-28-17-25(41-31-3-4-34(48)45-37(31)50)1-2-30(28)43-36(49)24-7-12-47(20-24)14-13-46-10-5-23(6-11-46)21-53-27-18-29(40)35-32(19-27)42-33(44-38(35)51)22-54-26-8-15-52-16-9-26/h1-2,17-19,23-24,26,31,41H,3-16,20-22H2,(H,43,49)(H,42,44,51)(H,45,48,50)/t24-,31?/m0/s1. The van der Waals surface area contributed by atoms with Crippen LogP contribution in [0.2, 0.25) is 0 Å². The molecule has 0 bridgehead atoms. The predicted octanol–water partition coefficient (Wildman–Crippen LogP) is 3.17. The first-order chi connectivity index (χ1) is 26.2. The van der Waals surface area contributed by atoms with Crippen molar-refractivity contribution >= 4 is 40.0 Å². The van der Waals surface area contributed by atoms with E-state index in [1.54, 1.807) is 12.1 Å². The number of rotatable bonds is 13. The van der Waals surface area contributed by atoms with Gasteiger partial charge in [0.1, 0.15) is 41.2 Å². The van der Waals surface area contributed by atoms with Gasteiger partial charge in [-0.05, 0) is 82.3 Å². The van der Waals surface area contributed by atoms with Gasteiger partial charge in [-0.3, -0.25) is 24.5 Å². The summed E-state index contributed by atoms with van der Waals surface area (Å²) in [5, 5.41) is 7.84. The lowest BCUT2D eigenvalue weighted by Crippen LogP contribution is -2.47. The molecule has 2 aromatic carbocycles. The van der Waals surface area contributed by atoms with Crippen LogP contribution in [-0.2, 0) is 30.5 Å². The van der Waals surface area contributed by atoms with Crippen LogP contribution in [0.3, 0.4) is 0 Å². The van der Waals surface area contributed by atoms with Gasteiger partial charge in [-0.25, -0.2) is 13.8 Å². The Balaban J connectivity index is 0.816. The molecule has 0 radical (unpaired) electrons. The highest BCUT2D eigenvalue weighted by Crippen LogP contribution is 2.26. The SMILES string of the molecule is O=C1CCC(Nc2ccc(NC(=O)[C@H]3CCN(CCN4CCC(COc5cc(F)c6c(=O)[nH]c(COC7CCOCC7)nc6c5)CC4)C3)c(F)c2)C(=O)N1. The Labute approximate surface area is 311 Å². The number of hydrogen-bond acceptors (Lipinski definition) is 11. The van der Waals surface area contributed by atoms with Crippen molar-refractivity contribution in [2.24, 2.45) is 11.8 Å². The Kier molecular flexibility index (Phi) is 12.1. The van der Waals surface area contributed by atoms with Crippen LogP contribution in [0.25, 0.3) is 10.9 Å². The number of ether oxygens (including phenoxy) is 3. The smallest absolute Gasteiger partial charge is 0.261 e. The number of hydrogen-bond donors (Lipinski definition) is 4. The van der Waals surface area contributed by atoms with E-state index in [1.807, 2.05) is 0 Å². The lowest BCUT2D eigenvalue weighted by atomic mass is 9.98. The number of halogens is 2. The molecule has 7 rings (SSSR count). The molecule has 4 aliphatic heterocycles. The minimum absolute atomic E-state index is 0.0361. The number of nitrogens with zero attached hydrogens (tertiary/aromatic N) is 3. The molecule has 0 aliphatic carbocycles. The predicted molar refractivity (Wildman–Crippen MR) is 195 cm³/mol. The molecule has 5 heterocycles. The summed E-state index contributed by atoms with van der Waals surface area (Å²) in [6, 6.07) is 6.54. The third kappa shape index (κ3) is 9.58. The molecule has 4 fully saturated rings. The van der Waals surface area contributed by atoms with Crippen molar-refractivity contribution in [3.63, 3.8) is 0 Å². The number of amides is 3. The van der Waals surface area contributed by atoms with Gasteiger partial charge in [-0.2, -0.15) is 0 Å². The number of piperidine rings is 2. The number of fused-ring (bicyclic) bond motifs is 1. The highest BCUT2D eigenvalue weighted by molar-refractivity contribution is 6.01. The summed E-state index contributed by atoms with van der Waals surface area (Å²) >= 11 is 0. The maximum absolute atomic E-state index is 15.0. The topological polar surface area (TPSA) is 167 Å². The molecule has 4 N–H and O–H groups in total. The molecule has 3 amide bonds. The third-order valence-corrected chi connectivity index (χ3v) is 10.8. The van der Waals surface area contributed by atoms with Crippen LogP contribution in [0.4, 0.5) is 20.2 Å². The number of carbonyl (C=O) groups is 3. The van der Waals surface area contributed by atoms with Gasteiger partial charge in [-0.15, -0.1) is 0 Å². The van der Waals surface area contributed by atoms with E-state index in [0.717, 1.165) is 58.4 Å². The molecule has 16 heteroatoms. The number of nitrogens with one attached hydrogen (secondary N) is 4. The largest absolute Gasteiger partial charge is 0.493 e. The molecule has 4 aliphatic rings. The number of anilines is 2. The molecule has 14 nitrogen and oxygen atoms in total. The summed E-state index contributed by atoms with van der Waals surface area (Å²) in [6.07, 6.45) is 4.68. The van der Waals surface area contributed by atoms with Crippen LogP contribution in [-0.4, -0.2) is 109 Å². The molecule has 1 aromatic heterocycles. The van der Waals surface area contributed by atoms with E-state index >= 15 is 0 Å². The molecule has 4 saturated heterocycles. The molecule has 54 heavy (non-hydrogen) atoms. The second kappa shape index (κ2) is 17.3. The number of carbonyl (C=O) groups excluding carboxylic acids is 3. The number of benzene rings is 2. The lowest BCUT2D eigenvalue weighted by molar-refractivity contribution is -0.133. The summed E-state index contributed by atoms with van der Waals surface area (Å²) in [5.74, 6) is -1.54. The first-order valence-corrected chi connectivity index (χ1v) is 18.9. The second-order valence-corrected chi connectivity index (χ2v) is 14.6. The quantitative estimate of drug-likeness (QED) is 0.190. The maximum Gasteiger partial charge on any atom is 0.261 e. The van der Waals surface area contributed by atoms with Crippen LogP contribution in [0.1, 0.15) is 50.8 Å². The van der Waals surface area contributed by atoms with Crippen LogP contribution < -0.4 is 26.2 Å². The van der Waals surface area contributed by atoms with Gasteiger partial charge in [0.05, 0.1) is 29.8 Å². The van der Waals surface area contributed by atoms with Crippen molar-refractivity contribution in [1.29, 1.82) is 0 Å². The van der Waals surface area contributed by atoms with Crippen molar-refractivity contribution in [3.8, 4) is 5.75 Å². The normalized spacial score (nSPS) is 22.0. The van der Waals surface area contributed by atoms with Crippen molar-refractivity contribution in [2.75, 3.05) is 69.7 Å². The van der Waals surface area contributed by atoms with Gasteiger partial charge in [0.2, 0.25) is 17.7 Å². The second-order valence-electron chi connectivity index (χ2n) is 14.6. The fourth-order valence-corrected chi connectivity index (χ4v) is 7.54. The van der Waals surface area contributed by atoms with Crippen molar-refractivity contribution in [1.82, 2.24) is 25.1 Å². The van der Waals surface area contributed by atoms with Gasteiger partial charge in [0, 0.05) is 57.1 Å². The maximum atomic E-state index is 15.0. The Morgan fingerprint density at radius 1 is 0.944 bits per heavy atom. The summed E-state index contributed by atoms with van der Waals surface area (Å²) in [7, 11) is 0. The van der Waals surface area contributed by atoms with Crippen LogP contribution in [0, 0.1) is 23.5 Å². The van der Waals surface area contributed by atoms with Gasteiger partial charge < -0.3 is 39.6 Å². The Hall–Kier alpha value is -4.51. The molecular weight excluding hydrogens is 704 g/mol. The molecule has 2 atom stereocenters. The number of aromatic amines is 1. The van der Waals surface area contributed by atoms with Crippen LogP contribution in [0.5, 0.6) is 5.75 Å². The van der Waals surface area contributed by atoms with Crippen molar-refractivity contribution in [2.45, 2.75) is 63.7 Å². The first-order valence-electron chi connectivity index (χ1n) is 18.9. The zero-order valence-electron chi connectivity index (χ0n) is 30.2. The fourth-order valence-electron chi connectivity index (χ4n) is 7.54. The van der Waals surface area contributed by atoms with Gasteiger partial charge in [0.25, 0.3) is 5.56 Å². The number of imide groups is 1. The van der Waals surface area contributed by atoms with Gasteiger partial charge in [-0.1, -0.05) is 0 Å². The molecule has 0 spiro atoms. The van der Waals surface area contributed by atoms with Gasteiger partial charge >= 0.3 is 0 Å². The Morgan fingerprint density at radius 3 is 2.50 bits per heavy atom. The number of aromatic nitrogens is 2. The van der Waals surface area contributed by atoms with Crippen LogP contribution >= 0.6 is 0 Å². The summed E-state index contributed by atoms with van der Waals surface area (Å²) in [4.78, 5) is 60.8.